The Balaban J connectivity index is 1.52. The zero-order valence-electron chi connectivity index (χ0n) is 19.2. The number of piperidine rings is 1. The van der Waals surface area contributed by atoms with E-state index in [9.17, 15) is 14.4 Å². The number of anilines is 1. The molecule has 0 saturated carbocycles. The number of hydrogen-bond donors (Lipinski definition) is 2. The Hall–Kier alpha value is -3.15. The molecular weight excluding hydrogens is 402 g/mol. The van der Waals surface area contributed by atoms with Gasteiger partial charge in [0.1, 0.15) is 0 Å². The number of carbonyl (C=O) groups excluding carboxylic acids is 3. The molecule has 0 radical (unpaired) electrons. The van der Waals surface area contributed by atoms with E-state index < -0.39 is 0 Å². The molecule has 6 nitrogen and oxygen atoms in total. The van der Waals surface area contributed by atoms with Crippen molar-refractivity contribution in [3.05, 3.63) is 65.2 Å². The van der Waals surface area contributed by atoms with Gasteiger partial charge in [0, 0.05) is 31.6 Å². The van der Waals surface area contributed by atoms with E-state index in [0.717, 1.165) is 37.9 Å². The number of para-hydroxylation sites is 1. The van der Waals surface area contributed by atoms with E-state index in [4.69, 9.17) is 0 Å². The molecule has 2 aromatic carbocycles. The number of likely N-dealkylation sites (tertiary alicyclic amines) is 1. The standard InChI is InChI=1S/C26H33N3O3/c1-26(2,3)20-13-11-19(12-14-20)24(31)27-16-15-23(30)28-22-10-6-5-9-21(22)25(32)29-17-7-4-8-18-29/h5-6,9-14H,4,7-8,15-18H2,1-3H3,(H,27,31)(H,28,30). The predicted octanol–water partition coefficient (Wildman–Crippen LogP) is 4.37. The molecule has 1 aliphatic heterocycles. The zero-order chi connectivity index (χ0) is 23.1. The van der Waals surface area contributed by atoms with Crippen LogP contribution in [0.1, 0.15) is 72.7 Å². The summed E-state index contributed by atoms with van der Waals surface area (Å²) in [6.45, 7) is 8.10. The van der Waals surface area contributed by atoms with Crippen molar-refractivity contribution >= 4 is 23.4 Å². The van der Waals surface area contributed by atoms with E-state index in [2.05, 4.69) is 31.4 Å². The van der Waals surface area contributed by atoms with Crippen LogP contribution in [0.4, 0.5) is 5.69 Å². The maximum atomic E-state index is 12.9. The van der Waals surface area contributed by atoms with Crippen molar-refractivity contribution in [3.63, 3.8) is 0 Å². The summed E-state index contributed by atoms with van der Waals surface area (Å²) in [4.78, 5) is 39.5. The molecule has 1 heterocycles. The molecule has 2 aromatic rings. The molecule has 3 rings (SSSR count). The van der Waals surface area contributed by atoms with Crippen molar-refractivity contribution in [2.24, 2.45) is 0 Å². The van der Waals surface area contributed by atoms with E-state index >= 15 is 0 Å². The van der Waals surface area contributed by atoms with E-state index in [1.165, 1.54) is 0 Å². The number of nitrogens with one attached hydrogen (secondary N) is 2. The van der Waals surface area contributed by atoms with Gasteiger partial charge in [0.25, 0.3) is 11.8 Å². The number of hydrogen-bond acceptors (Lipinski definition) is 3. The lowest BCUT2D eigenvalue weighted by Crippen LogP contribution is -2.36. The van der Waals surface area contributed by atoms with Crippen LogP contribution in [0.2, 0.25) is 0 Å². The van der Waals surface area contributed by atoms with Crippen molar-refractivity contribution in [1.82, 2.24) is 10.2 Å². The summed E-state index contributed by atoms with van der Waals surface area (Å²) in [5.74, 6) is -0.501. The van der Waals surface area contributed by atoms with Crippen LogP contribution in [0.25, 0.3) is 0 Å². The first kappa shape index (κ1) is 23.5. The summed E-state index contributed by atoms with van der Waals surface area (Å²) in [6.07, 6.45) is 3.30. The Morgan fingerprint density at radius 2 is 1.56 bits per heavy atom. The highest BCUT2D eigenvalue weighted by Crippen LogP contribution is 2.22. The first-order valence-corrected chi connectivity index (χ1v) is 11.3. The minimum Gasteiger partial charge on any atom is -0.352 e. The first-order valence-electron chi connectivity index (χ1n) is 11.3. The summed E-state index contributed by atoms with van der Waals surface area (Å²) >= 11 is 0. The molecule has 0 atom stereocenters. The monoisotopic (exact) mass is 435 g/mol. The van der Waals surface area contributed by atoms with Gasteiger partial charge in [0.05, 0.1) is 11.3 Å². The third-order valence-electron chi connectivity index (χ3n) is 5.73. The molecule has 170 valence electrons. The van der Waals surface area contributed by atoms with Crippen molar-refractivity contribution in [1.29, 1.82) is 0 Å². The fourth-order valence-corrected chi connectivity index (χ4v) is 3.77. The fraction of sp³-hybridized carbons (Fsp3) is 0.423. The smallest absolute Gasteiger partial charge is 0.255 e. The molecule has 1 saturated heterocycles. The molecule has 0 aromatic heterocycles. The minimum atomic E-state index is -0.243. The Morgan fingerprint density at radius 3 is 2.22 bits per heavy atom. The van der Waals surface area contributed by atoms with Crippen LogP contribution in [0.3, 0.4) is 0 Å². The average Bonchev–Trinajstić information content (AvgIpc) is 2.79. The van der Waals surface area contributed by atoms with Crippen molar-refractivity contribution in [3.8, 4) is 0 Å². The van der Waals surface area contributed by atoms with Crippen LogP contribution in [0, 0.1) is 0 Å². The van der Waals surface area contributed by atoms with E-state index in [1.807, 2.05) is 17.0 Å². The van der Waals surface area contributed by atoms with Crippen molar-refractivity contribution in [2.45, 2.75) is 51.9 Å². The highest BCUT2D eigenvalue weighted by Gasteiger charge is 2.21. The maximum Gasteiger partial charge on any atom is 0.255 e. The Bertz CT molecular complexity index is 955. The molecule has 1 fully saturated rings. The second-order valence-electron chi connectivity index (χ2n) is 9.28. The van der Waals surface area contributed by atoms with Crippen LogP contribution < -0.4 is 10.6 Å². The molecule has 1 aliphatic rings. The number of nitrogens with zero attached hydrogens (tertiary/aromatic N) is 1. The second-order valence-corrected chi connectivity index (χ2v) is 9.28. The lowest BCUT2D eigenvalue weighted by molar-refractivity contribution is -0.116. The largest absolute Gasteiger partial charge is 0.352 e. The third kappa shape index (κ3) is 6.19. The summed E-state index contributed by atoms with van der Waals surface area (Å²) in [5, 5.41) is 5.62. The molecule has 3 amide bonds. The van der Waals surface area contributed by atoms with Gasteiger partial charge in [0.2, 0.25) is 5.91 Å². The lowest BCUT2D eigenvalue weighted by Gasteiger charge is -2.27. The average molecular weight is 436 g/mol. The SMILES string of the molecule is CC(C)(C)c1ccc(C(=O)NCCC(=O)Nc2ccccc2C(=O)N2CCCCC2)cc1. The molecule has 0 spiro atoms. The van der Waals surface area contributed by atoms with Gasteiger partial charge in [-0.15, -0.1) is 0 Å². The molecule has 0 unspecified atom stereocenters. The van der Waals surface area contributed by atoms with Crippen LogP contribution in [0.15, 0.2) is 48.5 Å². The summed E-state index contributed by atoms with van der Waals surface area (Å²) in [5.41, 5.74) is 2.77. The molecule has 32 heavy (non-hydrogen) atoms. The third-order valence-corrected chi connectivity index (χ3v) is 5.73. The summed E-state index contributed by atoms with van der Waals surface area (Å²) in [6, 6.07) is 14.6. The Kier molecular flexibility index (Phi) is 7.67. The topological polar surface area (TPSA) is 78.5 Å². The van der Waals surface area contributed by atoms with Gasteiger partial charge < -0.3 is 15.5 Å². The maximum absolute atomic E-state index is 12.9. The fourth-order valence-electron chi connectivity index (χ4n) is 3.77. The molecular formula is C26H33N3O3. The van der Waals surface area contributed by atoms with Gasteiger partial charge in [-0.2, -0.15) is 0 Å². The quantitative estimate of drug-likeness (QED) is 0.707. The summed E-state index contributed by atoms with van der Waals surface area (Å²) in [7, 11) is 0. The van der Waals surface area contributed by atoms with Crippen LogP contribution in [-0.2, 0) is 10.2 Å². The van der Waals surface area contributed by atoms with E-state index in [-0.39, 0.29) is 36.1 Å². The normalized spacial score (nSPS) is 14.0. The van der Waals surface area contributed by atoms with Gasteiger partial charge in [-0.25, -0.2) is 0 Å². The van der Waals surface area contributed by atoms with Gasteiger partial charge >= 0.3 is 0 Å². The van der Waals surface area contributed by atoms with E-state index in [1.54, 1.807) is 36.4 Å². The Labute approximate surface area is 190 Å². The van der Waals surface area contributed by atoms with Crippen LogP contribution >= 0.6 is 0 Å². The van der Waals surface area contributed by atoms with Gasteiger partial charge in [-0.1, -0.05) is 45.0 Å². The van der Waals surface area contributed by atoms with Crippen LogP contribution in [0.5, 0.6) is 0 Å². The second kappa shape index (κ2) is 10.4. The Morgan fingerprint density at radius 1 is 0.906 bits per heavy atom. The molecule has 2 N–H and O–H groups in total. The van der Waals surface area contributed by atoms with Gasteiger partial charge in [0.15, 0.2) is 0 Å². The highest BCUT2D eigenvalue weighted by molar-refractivity contribution is 6.04. The van der Waals surface area contributed by atoms with Gasteiger partial charge in [-0.05, 0) is 54.5 Å². The molecule has 0 bridgehead atoms. The first-order chi connectivity index (χ1) is 15.3. The number of benzene rings is 2. The predicted molar refractivity (Wildman–Crippen MR) is 127 cm³/mol. The van der Waals surface area contributed by atoms with E-state index in [0.29, 0.717) is 16.8 Å². The molecule has 0 aliphatic carbocycles. The molecule has 6 heteroatoms. The summed E-state index contributed by atoms with van der Waals surface area (Å²) < 4.78 is 0. The van der Waals surface area contributed by atoms with Crippen molar-refractivity contribution in [2.75, 3.05) is 25.0 Å². The lowest BCUT2D eigenvalue weighted by atomic mass is 9.87. The number of carbonyl (C=O) groups is 3. The van der Waals surface area contributed by atoms with Gasteiger partial charge in [-0.3, -0.25) is 14.4 Å². The zero-order valence-corrected chi connectivity index (χ0v) is 19.2. The minimum absolute atomic E-state index is 0.0266. The number of amides is 3. The van der Waals surface area contributed by atoms with Crippen molar-refractivity contribution < 1.29 is 14.4 Å². The highest BCUT2D eigenvalue weighted by atomic mass is 16.2. The number of rotatable bonds is 6. The van der Waals surface area contributed by atoms with Crippen LogP contribution in [-0.4, -0.2) is 42.3 Å².